The van der Waals surface area contributed by atoms with Gasteiger partial charge in [-0.25, -0.2) is 0 Å². The third kappa shape index (κ3) is 6.05. The molecule has 4 rings (SSSR count). The Kier molecular flexibility index (Phi) is 6.98. The number of hydrogen-bond donors (Lipinski definition) is 0. The minimum Gasteiger partial charge on any atom is -0.491 e. The largest absolute Gasteiger partial charge is 0.491 e. The predicted octanol–water partition coefficient (Wildman–Crippen LogP) is 5.33. The second-order valence-corrected chi connectivity index (χ2v) is 10.9. The molecule has 0 radical (unpaired) electrons. The van der Waals surface area contributed by atoms with Crippen molar-refractivity contribution in [1.29, 1.82) is 0 Å². The number of likely N-dealkylation sites (tertiary alicyclic amines) is 1. The van der Waals surface area contributed by atoms with Gasteiger partial charge in [0.2, 0.25) is 0 Å². The van der Waals surface area contributed by atoms with Crippen LogP contribution in [0.1, 0.15) is 45.1 Å². The van der Waals surface area contributed by atoms with E-state index in [0.717, 1.165) is 55.8 Å². The lowest BCUT2D eigenvalue weighted by molar-refractivity contribution is 0.179. The summed E-state index contributed by atoms with van der Waals surface area (Å²) in [4.78, 5) is 16.9. The SMILES string of the molecule is CC(C)Oc1ccc(Cl)c(CC2CCN(CC3CN(CC4CC4)C(=O)S3)CC2)c1. The molecule has 2 heterocycles. The maximum absolute atomic E-state index is 12.2. The van der Waals surface area contributed by atoms with Gasteiger partial charge in [-0.15, -0.1) is 0 Å². The molecule has 1 aromatic carbocycles. The van der Waals surface area contributed by atoms with E-state index in [1.807, 2.05) is 26.0 Å². The van der Waals surface area contributed by atoms with Gasteiger partial charge in [-0.2, -0.15) is 0 Å². The van der Waals surface area contributed by atoms with Crippen LogP contribution in [-0.2, 0) is 6.42 Å². The van der Waals surface area contributed by atoms with Crippen molar-refractivity contribution in [3.8, 4) is 5.75 Å². The van der Waals surface area contributed by atoms with E-state index in [-0.39, 0.29) is 6.10 Å². The molecule has 1 amide bonds. The van der Waals surface area contributed by atoms with Crippen LogP contribution in [0.3, 0.4) is 0 Å². The van der Waals surface area contributed by atoms with E-state index in [4.69, 9.17) is 16.3 Å². The molecule has 2 saturated heterocycles. The summed E-state index contributed by atoms with van der Waals surface area (Å²) < 4.78 is 5.83. The van der Waals surface area contributed by atoms with Gasteiger partial charge in [-0.05, 0) is 94.6 Å². The summed E-state index contributed by atoms with van der Waals surface area (Å²) >= 11 is 8.02. The zero-order chi connectivity index (χ0) is 20.4. The summed E-state index contributed by atoms with van der Waals surface area (Å²) in [7, 11) is 0. The van der Waals surface area contributed by atoms with Crippen molar-refractivity contribution in [3.63, 3.8) is 0 Å². The summed E-state index contributed by atoms with van der Waals surface area (Å²) in [5.74, 6) is 2.36. The number of carbonyl (C=O) groups excluding carboxylic acids is 1. The van der Waals surface area contributed by atoms with E-state index >= 15 is 0 Å². The van der Waals surface area contributed by atoms with E-state index in [9.17, 15) is 4.79 Å². The maximum Gasteiger partial charge on any atom is 0.282 e. The van der Waals surface area contributed by atoms with Gasteiger partial charge in [-0.3, -0.25) is 4.79 Å². The monoisotopic (exact) mass is 436 g/mol. The number of nitrogens with zero attached hydrogens (tertiary/aromatic N) is 2. The summed E-state index contributed by atoms with van der Waals surface area (Å²) in [5.41, 5.74) is 1.20. The van der Waals surface area contributed by atoms with Crippen molar-refractivity contribution in [2.45, 2.75) is 57.3 Å². The van der Waals surface area contributed by atoms with Crippen molar-refractivity contribution in [2.24, 2.45) is 11.8 Å². The Morgan fingerprint density at radius 3 is 2.59 bits per heavy atom. The van der Waals surface area contributed by atoms with Gasteiger partial charge in [-0.1, -0.05) is 23.4 Å². The van der Waals surface area contributed by atoms with Gasteiger partial charge in [0.1, 0.15) is 5.75 Å². The molecule has 1 aromatic rings. The Bertz CT molecular complexity index is 717. The number of benzene rings is 1. The first-order valence-electron chi connectivity index (χ1n) is 11.1. The van der Waals surface area contributed by atoms with Gasteiger partial charge < -0.3 is 14.5 Å². The lowest BCUT2D eigenvalue weighted by atomic mass is 9.90. The quantitative estimate of drug-likeness (QED) is 0.551. The van der Waals surface area contributed by atoms with Gasteiger partial charge >= 0.3 is 0 Å². The fourth-order valence-electron chi connectivity index (χ4n) is 4.46. The molecule has 1 aliphatic carbocycles. The lowest BCUT2D eigenvalue weighted by Gasteiger charge is -2.33. The molecule has 1 unspecified atom stereocenters. The van der Waals surface area contributed by atoms with Crippen LogP contribution in [0.25, 0.3) is 0 Å². The lowest BCUT2D eigenvalue weighted by Crippen LogP contribution is -2.39. The van der Waals surface area contributed by atoms with Crippen molar-refractivity contribution in [2.75, 3.05) is 32.7 Å². The summed E-state index contributed by atoms with van der Waals surface area (Å²) in [6.07, 6.45) is 6.21. The molecule has 0 aromatic heterocycles. The van der Waals surface area contributed by atoms with Crippen LogP contribution in [-0.4, -0.2) is 59.1 Å². The first kappa shape index (κ1) is 21.3. The zero-order valence-corrected chi connectivity index (χ0v) is 19.2. The third-order valence-electron chi connectivity index (χ3n) is 6.19. The van der Waals surface area contributed by atoms with Crippen molar-refractivity contribution < 1.29 is 9.53 Å². The zero-order valence-electron chi connectivity index (χ0n) is 17.6. The topological polar surface area (TPSA) is 32.8 Å². The fourth-order valence-corrected chi connectivity index (χ4v) is 5.77. The Hall–Kier alpha value is -0.910. The first-order valence-corrected chi connectivity index (χ1v) is 12.3. The minimum atomic E-state index is 0.174. The van der Waals surface area contributed by atoms with Crippen LogP contribution in [0.5, 0.6) is 5.75 Å². The molecule has 4 nitrogen and oxygen atoms in total. The Labute approximate surface area is 184 Å². The number of ether oxygens (including phenoxy) is 1. The van der Waals surface area contributed by atoms with Crippen LogP contribution >= 0.6 is 23.4 Å². The van der Waals surface area contributed by atoms with Gasteiger partial charge in [0.25, 0.3) is 5.24 Å². The Morgan fingerprint density at radius 1 is 1.14 bits per heavy atom. The molecule has 2 aliphatic heterocycles. The maximum atomic E-state index is 12.2. The van der Waals surface area contributed by atoms with E-state index in [0.29, 0.717) is 16.4 Å². The number of halogens is 1. The third-order valence-corrected chi connectivity index (χ3v) is 7.65. The molecule has 6 heteroatoms. The van der Waals surface area contributed by atoms with E-state index in [1.54, 1.807) is 11.8 Å². The summed E-state index contributed by atoms with van der Waals surface area (Å²) in [6, 6.07) is 6.04. The highest BCUT2D eigenvalue weighted by atomic mass is 35.5. The van der Waals surface area contributed by atoms with Crippen molar-refractivity contribution in [1.82, 2.24) is 9.80 Å². The molecule has 0 bridgehead atoms. The molecular formula is C23H33ClN2O2S. The van der Waals surface area contributed by atoms with Crippen LogP contribution in [0.2, 0.25) is 5.02 Å². The molecule has 1 saturated carbocycles. The molecule has 1 atom stereocenters. The molecule has 3 aliphatic rings. The fraction of sp³-hybridized carbons (Fsp3) is 0.696. The average molecular weight is 437 g/mol. The number of amides is 1. The standard InChI is InChI=1S/C23H33ClN2O2S/c1-16(2)28-20-5-6-22(24)19(12-20)11-17-7-9-25(10-8-17)14-21-15-26(23(27)29-21)13-18-3-4-18/h5-6,12,16-18,21H,3-4,7-11,13-15H2,1-2H3. The molecule has 0 N–H and O–H groups in total. The highest BCUT2D eigenvalue weighted by Gasteiger charge is 2.35. The van der Waals surface area contributed by atoms with E-state index in [1.165, 1.54) is 31.2 Å². The number of thioether (sulfide) groups is 1. The molecule has 0 spiro atoms. The van der Waals surface area contributed by atoms with Crippen LogP contribution in [0, 0.1) is 11.8 Å². The summed E-state index contributed by atoms with van der Waals surface area (Å²) in [6.45, 7) is 9.32. The smallest absolute Gasteiger partial charge is 0.282 e. The second-order valence-electron chi connectivity index (χ2n) is 9.22. The molecule has 3 fully saturated rings. The van der Waals surface area contributed by atoms with Crippen molar-refractivity contribution >= 4 is 28.6 Å². The molecule has 160 valence electrons. The van der Waals surface area contributed by atoms with Crippen molar-refractivity contribution in [3.05, 3.63) is 28.8 Å². The molecule has 29 heavy (non-hydrogen) atoms. The van der Waals surface area contributed by atoms with E-state index < -0.39 is 0 Å². The number of piperidine rings is 1. The number of hydrogen-bond acceptors (Lipinski definition) is 4. The number of carbonyl (C=O) groups is 1. The van der Waals surface area contributed by atoms with Crippen LogP contribution in [0.4, 0.5) is 4.79 Å². The normalized spacial score (nSPS) is 23.9. The Balaban J connectivity index is 1.23. The minimum absolute atomic E-state index is 0.174. The molecular weight excluding hydrogens is 404 g/mol. The predicted molar refractivity (Wildman–Crippen MR) is 121 cm³/mol. The highest BCUT2D eigenvalue weighted by Crippen LogP contribution is 2.35. The highest BCUT2D eigenvalue weighted by molar-refractivity contribution is 8.14. The number of rotatable bonds is 8. The van der Waals surface area contributed by atoms with Crippen LogP contribution in [0.15, 0.2) is 18.2 Å². The van der Waals surface area contributed by atoms with Gasteiger partial charge in [0.15, 0.2) is 0 Å². The van der Waals surface area contributed by atoms with Crippen LogP contribution < -0.4 is 4.74 Å². The average Bonchev–Trinajstić information content (AvgIpc) is 3.42. The first-order chi connectivity index (χ1) is 14.0. The second kappa shape index (κ2) is 9.49. The Morgan fingerprint density at radius 2 is 1.90 bits per heavy atom. The van der Waals surface area contributed by atoms with E-state index in [2.05, 4.69) is 15.9 Å². The summed E-state index contributed by atoms with van der Waals surface area (Å²) in [5, 5.41) is 1.59. The van der Waals surface area contributed by atoms with Gasteiger partial charge in [0.05, 0.1) is 6.10 Å². The van der Waals surface area contributed by atoms with Gasteiger partial charge in [0, 0.05) is 29.9 Å².